The van der Waals surface area contributed by atoms with E-state index in [4.69, 9.17) is 45.8 Å². The van der Waals surface area contributed by atoms with Crippen LogP contribution in [-0.4, -0.2) is 43.7 Å². The maximum atomic E-state index is 11.8. The smallest absolute Gasteiger partial charge is 0.306 e. The lowest BCUT2D eigenvalue weighted by atomic mass is 9.98. The molecule has 3 aromatic rings. The number of amidine groups is 1. The van der Waals surface area contributed by atoms with Crippen LogP contribution in [0.15, 0.2) is 45.8 Å². The van der Waals surface area contributed by atoms with E-state index in [1.807, 2.05) is 37.3 Å². The molecule has 1 aromatic heterocycles. The number of ether oxygens (including phenoxy) is 4. The summed E-state index contributed by atoms with van der Waals surface area (Å²) in [6.07, 6.45) is -0.481. The number of aliphatic imine (C=N–C) groups is 1. The average Bonchev–Trinajstić information content (AvgIpc) is 3.19. The van der Waals surface area contributed by atoms with Gasteiger partial charge in [0.25, 0.3) is 0 Å². The third-order valence-electron chi connectivity index (χ3n) is 6.14. The van der Waals surface area contributed by atoms with Gasteiger partial charge in [-0.25, -0.2) is 15.8 Å². The minimum Gasteiger partial charge on any atom is -0.493 e. The molecule has 0 aliphatic carbocycles. The quantitative estimate of drug-likeness (QED) is 0.230. The maximum absolute atomic E-state index is 11.8. The number of oxazole rings is 1. The number of hydrogen-bond donors (Lipinski definition) is 2. The first kappa shape index (κ1) is 27.4. The largest absolute Gasteiger partial charge is 0.493 e. The second-order valence-electron chi connectivity index (χ2n) is 8.56. The summed E-state index contributed by atoms with van der Waals surface area (Å²) in [5, 5.41) is 0.532. The molecule has 11 heteroatoms. The third kappa shape index (κ3) is 5.93. The van der Waals surface area contributed by atoms with E-state index < -0.39 is 12.2 Å². The molecule has 0 radical (unpaired) electrons. The molecule has 202 valence electrons. The Labute approximate surface area is 226 Å². The first-order valence-corrected chi connectivity index (χ1v) is 12.6. The van der Waals surface area contributed by atoms with Crippen LogP contribution in [0, 0.1) is 6.92 Å². The average molecular weight is 543 g/mol. The molecule has 0 saturated carbocycles. The van der Waals surface area contributed by atoms with Crippen molar-refractivity contribution in [2.75, 3.05) is 20.8 Å². The number of hydrogen-bond acceptors (Lipinski definition) is 10. The van der Waals surface area contributed by atoms with Gasteiger partial charge in [0.2, 0.25) is 0 Å². The molecule has 0 spiro atoms. The van der Waals surface area contributed by atoms with Crippen molar-refractivity contribution in [3.8, 4) is 11.5 Å². The number of nitrogens with zero attached hydrogens (tertiary/aromatic N) is 2. The Bertz CT molecular complexity index is 1320. The number of aromatic nitrogens is 1. The predicted molar refractivity (Wildman–Crippen MR) is 142 cm³/mol. The van der Waals surface area contributed by atoms with E-state index in [2.05, 4.69) is 10.4 Å². The van der Waals surface area contributed by atoms with Crippen LogP contribution in [0.25, 0.3) is 0 Å². The van der Waals surface area contributed by atoms with Crippen molar-refractivity contribution in [3.63, 3.8) is 0 Å². The summed E-state index contributed by atoms with van der Waals surface area (Å²) in [5.41, 5.74) is 5.47. The number of aryl methyl sites for hydroxylation is 2. The fraction of sp³-hybridized carbons (Fsp3) is 0.370. The summed E-state index contributed by atoms with van der Waals surface area (Å²) in [7, 11) is 3.15. The van der Waals surface area contributed by atoms with Crippen LogP contribution >= 0.6 is 11.6 Å². The van der Waals surface area contributed by atoms with Crippen LogP contribution in [0.5, 0.6) is 11.5 Å². The summed E-state index contributed by atoms with van der Waals surface area (Å²) >= 11 is 6.39. The zero-order valence-corrected chi connectivity index (χ0v) is 22.5. The van der Waals surface area contributed by atoms with Crippen LogP contribution in [0.3, 0.4) is 0 Å². The van der Waals surface area contributed by atoms with Crippen LogP contribution in [0.1, 0.15) is 47.9 Å². The molecule has 0 fully saturated rings. The van der Waals surface area contributed by atoms with E-state index in [1.165, 1.54) is 0 Å². The van der Waals surface area contributed by atoms with Crippen molar-refractivity contribution in [1.82, 2.24) is 10.4 Å². The van der Waals surface area contributed by atoms with Gasteiger partial charge in [-0.05, 0) is 38.1 Å². The highest BCUT2D eigenvalue weighted by molar-refractivity contribution is 6.30. The van der Waals surface area contributed by atoms with Gasteiger partial charge in [0.1, 0.15) is 23.8 Å². The van der Waals surface area contributed by atoms with E-state index in [0.29, 0.717) is 58.4 Å². The number of esters is 1. The molecule has 4 rings (SSSR count). The van der Waals surface area contributed by atoms with Gasteiger partial charge < -0.3 is 28.8 Å². The lowest BCUT2D eigenvalue weighted by Crippen LogP contribution is -2.41. The highest BCUT2D eigenvalue weighted by atomic mass is 35.5. The lowest BCUT2D eigenvalue weighted by Gasteiger charge is -2.25. The Kier molecular flexibility index (Phi) is 8.88. The molecule has 10 nitrogen and oxygen atoms in total. The van der Waals surface area contributed by atoms with Crippen LogP contribution < -0.4 is 20.7 Å². The van der Waals surface area contributed by atoms with Crippen molar-refractivity contribution in [2.24, 2.45) is 10.8 Å². The highest BCUT2D eigenvalue weighted by Crippen LogP contribution is 2.44. The van der Waals surface area contributed by atoms with Gasteiger partial charge >= 0.3 is 5.97 Å². The molecule has 1 aliphatic rings. The first-order chi connectivity index (χ1) is 18.4. The molecule has 3 N–H and O–H groups in total. The zero-order valence-electron chi connectivity index (χ0n) is 21.7. The summed E-state index contributed by atoms with van der Waals surface area (Å²) in [6, 6.07) is 10.9. The Morgan fingerprint density at radius 1 is 1.18 bits per heavy atom. The minimum atomic E-state index is -0.664. The van der Waals surface area contributed by atoms with Crippen molar-refractivity contribution in [3.05, 3.63) is 69.9 Å². The number of benzene rings is 2. The Morgan fingerprint density at radius 2 is 2.00 bits per heavy atom. The molecule has 1 aliphatic heterocycles. The van der Waals surface area contributed by atoms with Crippen molar-refractivity contribution >= 4 is 29.1 Å². The van der Waals surface area contributed by atoms with Gasteiger partial charge in [-0.2, -0.15) is 0 Å². The van der Waals surface area contributed by atoms with Gasteiger partial charge in [0.15, 0.2) is 17.4 Å². The van der Waals surface area contributed by atoms with Gasteiger partial charge in [0, 0.05) is 22.6 Å². The summed E-state index contributed by atoms with van der Waals surface area (Å²) in [4.78, 5) is 21.1. The fourth-order valence-corrected chi connectivity index (χ4v) is 4.57. The van der Waals surface area contributed by atoms with Gasteiger partial charge in [-0.15, -0.1) is 0 Å². The standard InChI is InChI=1S/C27H31ClN4O6/c1-5-36-24(33)12-11-20-15(2)30-23(37-20)14-22-27(32-29)31-19-10-9-16(28)13-18(19)25(38-22)17-7-6-8-21(34-3)26(17)35-4/h6-10,13,22,25H,5,11-12,14,29H2,1-4H3,(H,31,32)/t22-,25-/m1/s1. The number of hydrazine groups is 1. The van der Waals surface area contributed by atoms with E-state index in [0.717, 1.165) is 11.1 Å². The Morgan fingerprint density at radius 3 is 2.71 bits per heavy atom. The van der Waals surface area contributed by atoms with Gasteiger partial charge in [0.05, 0.1) is 45.0 Å². The number of fused-ring (bicyclic) bond motifs is 1. The zero-order chi connectivity index (χ0) is 27.2. The third-order valence-corrected chi connectivity index (χ3v) is 6.38. The fourth-order valence-electron chi connectivity index (χ4n) is 4.39. The predicted octanol–water partition coefficient (Wildman–Crippen LogP) is 4.37. The topological polar surface area (TPSA) is 130 Å². The number of methoxy groups -OCH3 is 2. The number of carbonyl (C=O) groups excluding carboxylic acids is 1. The lowest BCUT2D eigenvalue weighted by molar-refractivity contribution is -0.143. The first-order valence-electron chi connectivity index (χ1n) is 12.2. The normalized spacial score (nSPS) is 16.7. The molecule has 0 saturated heterocycles. The second-order valence-corrected chi connectivity index (χ2v) is 8.99. The number of nitrogens with one attached hydrogen (secondary N) is 1. The monoisotopic (exact) mass is 542 g/mol. The van der Waals surface area contributed by atoms with E-state index in [-0.39, 0.29) is 18.8 Å². The molecular weight excluding hydrogens is 512 g/mol. The second kappa shape index (κ2) is 12.3. The highest BCUT2D eigenvalue weighted by Gasteiger charge is 2.33. The van der Waals surface area contributed by atoms with Gasteiger partial charge in [-0.3, -0.25) is 4.79 Å². The maximum Gasteiger partial charge on any atom is 0.306 e. The SMILES string of the molecule is CCOC(=O)CCc1oc(C[C@H]2O[C@H](c3cccc(OC)c3OC)c3cc(Cl)ccc3N=C2NN)nc1C. The Hall–Kier alpha value is -3.60. The minimum absolute atomic E-state index is 0.202. The molecular formula is C27H31ClN4O6. The van der Waals surface area contributed by atoms with Crippen LogP contribution in [0.2, 0.25) is 5.02 Å². The van der Waals surface area contributed by atoms with E-state index >= 15 is 0 Å². The van der Waals surface area contributed by atoms with Crippen LogP contribution in [-0.2, 0) is 27.1 Å². The number of para-hydroxylation sites is 1. The Balaban J connectivity index is 1.70. The van der Waals surface area contributed by atoms with E-state index in [9.17, 15) is 4.79 Å². The van der Waals surface area contributed by atoms with Gasteiger partial charge in [-0.1, -0.05) is 23.7 Å². The number of nitrogens with two attached hydrogens (primary N) is 1. The summed E-state index contributed by atoms with van der Waals surface area (Å²) in [6.45, 7) is 3.94. The summed E-state index contributed by atoms with van der Waals surface area (Å²) < 4.78 is 28.9. The molecule has 38 heavy (non-hydrogen) atoms. The molecule has 0 unspecified atom stereocenters. The van der Waals surface area contributed by atoms with Crippen molar-refractivity contribution < 1.29 is 28.2 Å². The molecule has 2 heterocycles. The number of halogens is 1. The van der Waals surface area contributed by atoms with E-state index in [1.54, 1.807) is 27.2 Å². The number of carbonyl (C=O) groups is 1. The molecule has 0 amide bonds. The summed E-state index contributed by atoms with van der Waals surface area (Å²) in [5.74, 6) is 8.13. The number of rotatable bonds is 9. The van der Waals surface area contributed by atoms with Crippen LogP contribution in [0.4, 0.5) is 5.69 Å². The molecule has 0 bridgehead atoms. The van der Waals surface area contributed by atoms with Crippen molar-refractivity contribution in [1.29, 1.82) is 0 Å². The van der Waals surface area contributed by atoms with Crippen molar-refractivity contribution in [2.45, 2.75) is 45.3 Å². The molecule has 2 atom stereocenters. The molecule has 2 aromatic carbocycles.